The minimum atomic E-state index is 0.653. The van der Waals surface area contributed by atoms with Crippen LogP contribution < -0.4 is 4.90 Å². The molecule has 1 aliphatic rings. The number of hydrogen-bond donors (Lipinski definition) is 0. The van der Waals surface area contributed by atoms with Crippen LogP contribution in [0.2, 0.25) is 0 Å². The van der Waals surface area contributed by atoms with Crippen molar-refractivity contribution in [1.29, 1.82) is 0 Å². The van der Waals surface area contributed by atoms with Gasteiger partial charge in [0.05, 0.1) is 24.6 Å². The summed E-state index contributed by atoms with van der Waals surface area (Å²) in [5, 5.41) is 4.42. The summed E-state index contributed by atoms with van der Waals surface area (Å²) in [7, 11) is 0. The molecule has 0 bridgehead atoms. The van der Waals surface area contributed by atoms with Crippen molar-refractivity contribution in [2.24, 2.45) is 5.29 Å². The number of anilines is 1. The van der Waals surface area contributed by atoms with Gasteiger partial charge in [-0.05, 0) is 0 Å². The molecule has 6 nitrogen and oxygen atoms in total. The smallest absolute Gasteiger partial charge is 0.147 e. The normalized spacial score (nSPS) is 16.9. The molecule has 1 saturated heterocycles. The summed E-state index contributed by atoms with van der Waals surface area (Å²) in [6, 6.07) is 0. The van der Waals surface area contributed by atoms with Crippen LogP contribution in [0.5, 0.6) is 0 Å². The largest absolute Gasteiger partial charge is 0.352 e. The van der Waals surface area contributed by atoms with Crippen molar-refractivity contribution in [1.82, 2.24) is 15.0 Å². The first-order valence-electron chi connectivity index (χ1n) is 4.49. The molecule has 0 atom stereocenters. The molecule has 0 radical (unpaired) electrons. The van der Waals surface area contributed by atoms with Crippen LogP contribution in [-0.4, -0.2) is 41.2 Å². The number of piperazine rings is 1. The van der Waals surface area contributed by atoms with Crippen molar-refractivity contribution < 1.29 is 0 Å². The molecule has 6 heteroatoms. The van der Waals surface area contributed by atoms with E-state index in [1.807, 2.05) is 0 Å². The topological polar surface area (TPSA) is 61.7 Å². The molecule has 0 N–H and O–H groups in total. The first-order valence-corrected chi connectivity index (χ1v) is 4.49. The van der Waals surface area contributed by atoms with E-state index in [4.69, 9.17) is 0 Å². The summed E-state index contributed by atoms with van der Waals surface area (Å²) in [6.45, 7) is 2.84. The lowest BCUT2D eigenvalue weighted by Gasteiger charge is -2.31. The Balaban J connectivity index is 1.99. The van der Waals surface area contributed by atoms with Crippen LogP contribution in [0.1, 0.15) is 0 Å². The molecule has 0 spiro atoms. The van der Waals surface area contributed by atoms with E-state index in [9.17, 15) is 4.91 Å². The molecular weight excluding hydrogens is 182 g/mol. The Kier molecular flexibility index (Phi) is 2.53. The molecule has 0 aromatic carbocycles. The van der Waals surface area contributed by atoms with Crippen LogP contribution in [0.3, 0.4) is 0 Å². The second kappa shape index (κ2) is 3.99. The number of hydrogen-bond acceptors (Lipinski definition) is 5. The van der Waals surface area contributed by atoms with E-state index < -0.39 is 0 Å². The zero-order chi connectivity index (χ0) is 9.80. The Hall–Kier alpha value is -1.72. The molecule has 1 aromatic heterocycles. The SMILES string of the molecule is O=NN1CCN(c2cnccn2)CC1. The average Bonchev–Trinajstić information content (AvgIpc) is 2.30. The van der Waals surface area contributed by atoms with Gasteiger partial charge in [-0.15, -0.1) is 4.91 Å². The Morgan fingerprint density at radius 2 is 2.00 bits per heavy atom. The average molecular weight is 193 g/mol. The second-order valence-corrected chi connectivity index (χ2v) is 3.09. The molecule has 1 aliphatic heterocycles. The van der Waals surface area contributed by atoms with Crippen molar-refractivity contribution >= 4 is 5.82 Å². The molecule has 2 heterocycles. The van der Waals surface area contributed by atoms with Gasteiger partial charge in [0, 0.05) is 25.5 Å². The van der Waals surface area contributed by atoms with Gasteiger partial charge < -0.3 is 4.90 Å². The monoisotopic (exact) mass is 193 g/mol. The van der Waals surface area contributed by atoms with Gasteiger partial charge in [0.15, 0.2) is 0 Å². The van der Waals surface area contributed by atoms with Gasteiger partial charge in [-0.2, -0.15) is 0 Å². The first kappa shape index (κ1) is 8.86. The van der Waals surface area contributed by atoms with Crippen LogP contribution in [0.4, 0.5) is 5.82 Å². The van der Waals surface area contributed by atoms with Crippen molar-refractivity contribution in [3.63, 3.8) is 0 Å². The van der Waals surface area contributed by atoms with Crippen LogP contribution in [0.15, 0.2) is 23.9 Å². The first-order chi connectivity index (χ1) is 6.90. The molecule has 0 amide bonds. The van der Waals surface area contributed by atoms with Gasteiger partial charge in [-0.25, -0.2) is 4.98 Å². The maximum Gasteiger partial charge on any atom is 0.147 e. The predicted molar refractivity (Wildman–Crippen MR) is 51.6 cm³/mol. The van der Waals surface area contributed by atoms with E-state index >= 15 is 0 Å². The minimum Gasteiger partial charge on any atom is -0.352 e. The highest BCUT2D eigenvalue weighted by atomic mass is 16.3. The van der Waals surface area contributed by atoms with Crippen molar-refractivity contribution in [3.05, 3.63) is 23.5 Å². The molecule has 0 aliphatic carbocycles. The van der Waals surface area contributed by atoms with E-state index in [0.29, 0.717) is 13.1 Å². The fraction of sp³-hybridized carbons (Fsp3) is 0.500. The molecule has 0 unspecified atom stereocenters. The summed E-state index contributed by atoms with van der Waals surface area (Å²) >= 11 is 0. The zero-order valence-corrected chi connectivity index (χ0v) is 7.70. The predicted octanol–water partition coefficient (Wildman–Crippen LogP) is 0.280. The molecule has 2 rings (SSSR count). The van der Waals surface area contributed by atoms with Crippen molar-refractivity contribution in [2.45, 2.75) is 0 Å². The lowest BCUT2D eigenvalue weighted by atomic mass is 10.3. The maximum atomic E-state index is 10.2. The van der Waals surface area contributed by atoms with Gasteiger partial charge in [0.2, 0.25) is 0 Å². The highest BCUT2D eigenvalue weighted by molar-refractivity contribution is 5.35. The van der Waals surface area contributed by atoms with Crippen molar-refractivity contribution in [3.8, 4) is 0 Å². The quantitative estimate of drug-likeness (QED) is 0.631. The third-order valence-electron chi connectivity index (χ3n) is 2.25. The number of rotatable bonds is 2. The van der Waals surface area contributed by atoms with Gasteiger partial charge in [-0.1, -0.05) is 0 Å². The highest BCUT2D eigenvalue weighted by Crippen LogP contribution is 2.10. The lowest BCUT2D eigenvalue weighted by Crippen LogP contribution is -2.44. The molecule has 0 saturated carbocycles. The summed E-state index contributed by atoms with van der Waals surface area (Å²) in [5.41, 5.74) is 0. The Bertz CT molecular complexity index is 296. The van der Waals surface area contributed by atoms with E-state index in [1.165, 1.54) is 5.01 Å². The minimum absolute atomic E-state index is 0.653. The van der Waals surface area contributed by atoms with E-state index in [2.05, 4.69) is 20.2 Å². The van der Waals surface area contributed by atoms with Gasteiger partial charge in [0.25, 0.3) is 0 Å². The summed E-state index contributed by atoms with van der Waals surface area (Å²) in [5.74, 6) is 0.859. The Morgan fingerprint density at radius 3 is 2.57 bits per heavy atom. The lowest BCUT2D eigenvalue weighted by molar-refractivity contribution is 0.266. The van der Waals surface area contributed by atoms with Gasteiger partial charge >= 0.3 is 0 Å². The fourth-order valence-electron chi connectivity index (χ4n) is 1.46. The molecule has 1 aromatic rings. The van der Waals surface area contributed by atoms with Crippen LogP contribution in [0, 0.1) is 4.91 Å². The van der Waals surface area contributed by atoms with Crippen LogP contribution >= 0.6 is 0 Å². The third kappa shape index (κ3) is 1.78. The van der Waals surface area contributed by atoms with Crippen LogP contribution in [-0.2, 0) is 0 Å². The van der Waals surface area contributed by atoms with Crippen molar-refractivity contribution in [2.75, 3.05) is 31.1 Å². The van der Waals surface area contributed by atoms with E-state index in [0.717, 1.165) is 18.9 Å². The standard InChI is InChI=1S/C8H11N5O/c14-11-13-5-3-12(4-6-13)8-7-9-1-2-10-8/h1-2,7H,3-6H2. The van der Waals surface area contributed by atoms with E-state index in [-0.39, 0.29) is 0 Å². The maximum absolute atomic E-state index is 10.2. The molecule has 74 valence electrons. The van der Waals surface area contributed by atoms with Gasteiger partial charge in [0.1, 0.15) is 5.82 Å². The molecule has 14 heavy (non-hydrogen) atoms. The van der Waals surface area contributed by atoms with Crippen LogP contribution in [0.25, 0.3) is 0 Å². The van der Waals surface area contributed by atoms with E-state index in [1.54, 1.807) is 18.6 Å². The second-order valence-electron chi connectivity index (χ2n) is 3.09. The summed E-state index contributed by atoms with van der Waals surface area (Å²) in [4.78, 5) is 20.5. The zero-order valence-electron chi connectivity index (χ0n) is 7.70. The fourth-order valence-corrected chi connectivity index (χ4v) is 1.46. The Labute approximate surface area is 81.5 Å². The third-order valence-corrected chi connectivity index (χ3v) is 2.25. The number of aromatic nitrogens is 2. The summed E-state index contributed by atoms with van der Waals surface area (Å²) in [6.07, 6.45) is 5.04. The van der Waals surface area contributed by atoms with Gasteiger partial charge in [-0.3, -0.25) is 9.99 Å². The number of nitroso groups, excluding NO2 is 1. The summed E-state index contributed by atoms with van der Waals surface area (Å²) < 4.78 is 0. The highest BCUT2D eigenvalue weighted by Gasteiger charge is 2.17. The molecular formula is C8H11N5O. The Morgan fingerprint density at radius 1 is 1.21 bits per heavy atom. The number of nitrogens with zero attached hydrogens (tertiary/aromatic N) is 5. The molecule has 1 fully saturated rings.